The fourth-order valence-electron chi connectivity index (χ4n) is 4.60. The van der Waals surface area contributed by atoms with Gasteiger partial charge in [-0.05, 0) is 57.2 Å². The van der Waals surface area contributed by atoms with Crippen LogP contribution in [0.15, 0.2) is 40.7 Å². The number of allylic oxidation sites excluding steroid dienone is 3. The Balaban J connectivity index is 2.20. The Kier molecular flexibility index (Phi) is 7.69. The van der Waals surface area contributed by atoms with E-state index in [-0.39, 0.29) is 29.3 Å². The zero-order chi connectivity index (χ0) is 25.2. The van der Waals surface area contributed by atoms with Crippen molar-refractivity contribution < 1.29 is 33.7 Å². The van der Waals surface area contributed by atoms with Gasteiger partial charge in [0.1, 0.15) is 5.92 Å². The number of phenols is 1. The number of rotatable bonds is 7. The van der Waals surface area contributed by atoms with Gasteiger partial charge in [0, 0.05) is 22.9 Å². The van der Waals surface area contributed by atoms with Crippen molar-refractivity contribution in [2.45, 2.75) is 59.5 Å². The molecule has 0 unspecified atom stereocenters. The number of Topliss-reactive ketones (excluding diaryl/α,β-unsaturated/α-hetero) is 1. The quantitative estimate of drug-likeness (QED) is 0.457. The van der Waals surface area contributed by atoms with Crippen molar-refractivity contribution in [1.29, 1.82) is 0 Å². The monoisotopic (exact) mass is 471 g/mol. The van der Waals surface area contributed by atoms with Crippen LogP contribution in [-0.2, 0) is 23.9 Å². The van der Waals surface area contributed by atoms with E-state index in [9.17, 15) is 19.5 Å². The van der Waals surface area contributed by atoms with Gasteiger partial charge in [-0.3, -0.25) is 9.59 Å². The summed E-state index contributed by atoms with van der Waals surface area (Å²) in [6.07, 6.45) is 0.768. The van der Waals surface area contributed by atoms with Crippen molar-refractivity contribution in [3.05, 3.63) is 46.3 Å². The minimum atomic E-state index is -0.971. The number of nitrogens with one attached hydrogen (secondary N) is 1. The molecule has 0 saturated carbocycles. The number of methoxy groups -OCH3 is 1. The van der Waals surface area contributed by atoms with E-state index in [1.165, 1.54) is 13.2 Å². The molecule has 2 aliphatic rings. The Labute approximate surface area is 200 Å². The molecule has 0 amide bonds. The van der Waals surface area contributed by atoms with Crippen molar-refractivity contribution in [2.75, 3.05) is 13.7 Å². The lowest BCUT2D eigenvalue weighted by Gasteiger charge is -2.38. The Morgan fingerprint density at radius 3 is 2.59 bits per heavy atom. The highest BCUT2D eigenvalue weighted by molar-refractivity contribution is 6.12. The number of aromatic hydroxyl groups is 1. The fraction of sp³-hybridized carbons (Fsp3) is 0.500. The highest BCUT2D eigenvalue weighted by Gasteiger charge is 2.47. The normalized spacial score (nSPS) is 23.1. The third-order valence-electron chi connectivity index (χ3n) is 6.46. The van der Waals surface area contributed by atoms with Crippen LogP contribution in [0.1, 0.15) is 58.9 Å². The predicted octanol–water partition coefficient (Wildman–Crippen LogP) is 3.75. The largest absolute Gasteiger partial charge is 0.504 e. The standard InChI is InChI=1S/C26H33NO7/c1-7-14(4)34-26(31)21-15(5)27-17-11-13(3)20(25(30)32-6)24(29)23(17)22(21)16-9-10-18(28)19(12-16)33-8-2/h9-10,12-14,20,22,27-28H,7-8,11H2,1-6H3/t13-,14-,20+,22-/m1/s1. The Morgan fingerprint density at radius 2 is 1.97 bits per heavy atom. The minimum Gasteiger partial charge on any atom is -0.504 e. The third-order valence-corrected chi connectivity index (χ3v) is 6.46. The van der Waals surface area contributed by atoms with Gasteiger partial charge in [0.15, 0.2) is 17.3 Å². The molecule has 0 aromatic heterocycles. The third kappa shape index (κ3) is 4.67. The summed E-state index contributed by atoms with van der Waals surface area (Å²) in [5.74, 6) is -3.36. The average Bonchev–Trinajstić information content (AvgIpc) is 2.79. The number of dihydropyridines is 1. The van der Waals surface area contributed by atoms with Crippen LogP contribution in [0.3, 0.4) is 0 Å². The molecule has 1 aliphatic heterocycles. The lowest BCUT2D eigenvalue weighted by Crippen LogP contribution is -2.43. The predicted molar refractivity (Wildman–Crippen MR) is 125 cm³/mol. The SMILES string of the molecule is CCOc1cc([C@@H]2C(C(=O)O[C@H](C)CC)=C(C)NC3=C2C(=O)[C@@H](C(=O)OC)[C@H](C)C3)ccc1O. The number of hydrogen-bond acceptors (Lipinski definition) is 8. The van der Waals surface area contributed by atoms with Gasteiger partial charge in [0.05, 0.1) is 25.4 Å². The Hall–Kier alpha value is -3.29. The van der Waals surface area contributed by atoms with E-state index in [0.717, 1.165) is 0 Å². The summed E-state index contributed by atoms with van der Waals surface area (Å²) in [5, 5.41) is 13.5. The zero-order valence-electron chi connectivity index (χ0n) is 20.6. The summed E-state index contributed by atoms with van der Waals surface area (Å²) < 4.78 is 16.1. The highest BCUT2D eigenvalue weighted by atomic mass is 16.5. The second-order valence-electron chi connectivity index (χ2n) is 8.82. The first-order valence-corrected chi connectivity index (χ1v) is 11.6. The molecule has 0 bridgehead atoms. The van der Waals surface area contributed by atoms with Crippen LogP contribution in [0.25, 0.3) is 0 Å². The van der Waals surface area contributed by atoms with Crippen molar-refractivity contribution in [3.63, 3.8) is 0 Å². The number of esters is 2. The summed E-state index contributed by atoms with van der Waals surface area (Å²) in [4.78, 5) is 39.6. The van der Waals surface area contributed by atoms with Gasteiger partial charge in [-0.25, -0.2) is 4.79 Å². The summed E-state index contributed by atoms with van der Waals surface area (Å²) in [7, 11) is 1.26. The van der Waals surface area contributed by atoms with Crippen LogP contribution in [0.2, 0.25) is 0 Å². The van der Waals surface area contributed by atoms with Crippen LogP contribution in [0.5, 0.6) is 11.5 Å². The molecule has 0 saturated heterocycles. The van der Waals surface area contributed by atoms with Gasteiger partial charge in [-0.15, -0.1) is 0 Å². The number of phenolic OH excluding ortho intramolecular Hbond substituents is 1. The van der Waals surface area contributed by atoms with Crippen molar-refractivity contribution in [2.24, 2.45) is 11.8 Å². The van der Waals surface area contributed by atoms with Gasteiger partial charge in [-0.2, -0.15) is 0 Å². The molecule has 1 aromatic carbocycles. The lowest BCUT2D eigenvalue weighted by atomic mass is 9.69. The molecule has 8 nitrogen and oxygen atoms in total. The molecule has 1 aromatic rings. The second kappa shape index (κ2) is 10.3. The van der Waals surface area contributed by atoms with Crippen LogP contribution in [0.4, 0.5) is 0 Å². The molecule has 1 heterocycles. The van der Waals surface area contributed by atoms with Gasteiger partial charge in [0.2, 0.25) is 0 Å². The number of benzene rings is 1. The fourth-order valence-corrected chi connectivity index (χ4v) is 4.60. The van der Waals surface area contributed by atoms with E-state index in [1.807, 2.05) is 13.8 Å². The Morgan fingerprint density at radius 1 is 1.26 bits per heavy atom. The summed E-state index contributed by atoms with van der Waals surface area (Å²) in [6.45, 7) is 9.45. The molecule has 2 N–H and O–H groups in total. The number of hydrogen-bond donors (Lipinski definition) is 2. The molecule has 0 radical (unpaired) electrons. The minimum absolute atomic E-state index is 0.0470. The van der Waals surface area contributed by atoms with Crippen LogP contribution >= 0.6 is 0 Å². The Bertz CT molecular complexity index is 1060. The van der Waals surface area contributed by atoms with Crippen molar-refractivity contribution >= 4 is 17.7 Å². The molecule has 34 heavy (non-hydrogen) atoms. The molecule has 3 rings (SSSR count). The molecular formula is C26H33NO7. The molecule has 4 atom stereocenters. The molecule has 0 spiro atoms. The van der Waals surface area contributed by atoms with E-state index < -0.39 is 23.8 Å². The van der Waals surface area contributed by atoms with E-state index in [2.05, 4.69) is 5.32 Å². The number of ether oxygens (including phenoxy) is 3. The molecule has 184 valence electrons. The van der Waals surface area contributed by atoms with Crippen LogP contribution in [-0.4, -0.2) is 42.6 Å². The lowest BCUT2D eigenvalue weighted by molar-refractivity contribution is -0.151. The maximum atomic E-state index is 13.7. The first kappa shape index (κ1) is 25.3. The van der Waals surface area contributed by atoms with Gasteiger partial charge < -0.3 is 24.6 Å². The van der Waals surface area contributed by atoms with Crippen molar-refractivity contribution in [3.8, 4) is 11.5 Å². The van der Waals surface area contributed by atoms with Gasteiger partial charge in [-0.1, -0.05) is 19.9 Å². The first-order valence-electron chi connectivity index (χ1n) is 11.6. The second-order valence-corrected chi connectivity index (χ2v) is 8.82. The molecule has 8 heteroatoms. The maximum absolute atomic E-state index is 13.7. The number of carbonyl (C=O) groups is 3. The van der Waals surface area contributed by atoms with E-state index in [4.69, 9.17) is 14.2 Å². The van der Waals surface area contributed by atoms with Gasteiger partial charge in [0.25, 0.3) is 0 Å². The maximum Gasteiger partial charge on any atom is 0.337 e. The average molecular weight is 472 g/mol. The molecule has 0 fully saturated rings. The summed E-state index contributed by atoms with van der Waals surface area (Å²) in [5.41, 5.74) is 2.46. The van der Waals surface area contributed by atoms with E-state index >= 15 is 0 Å². The number of carbonyl (C=O) groups excluding carboxylic acids is 3. The van der Waals surface area contributed by atoms with E-state index in [1.54, 1.807) is 32.9 Å². The smallest absolute Gasteiger partial charge is 0.337 e. The van der Waals surface area contributed by atoms with E-state index in [0.29, 0.717) is 47.6 Å². The first-order chi connectivity index (χ1) is 16.1. The van der Waals surface area contributed by atoms with Crippen molar-refractivity contribution in [1.82, 2.24) is 5.32 Å². The molecular weight excluding hydrogens is 438 g/mol. The summed E-state index contributed by atoms with van der Waals surface area (Å²) in [6, 6.07) is 4.76. The highest BCUT2D eigenvalue weighted by Crippen LogP contribution is 2.46. The van der Waals surface area contributed by atoms with Crippen LogP contribution < -0.4 is 10.1 Å². The topological polar surface area (TPSA) is 111 Å². The molecule has 1 aliphatic carbocycles. The zero-order valence-corrected chi connectivity index (χ0v) is 20.6. The van der Waals surface area contributed by atoms with Crippen LogP contribution in [0, 0.1) is 11.8 Å². The number of ketones is 1. The van der Waals surface area contributed by atoms with Gasteiger partial charge >= 0.3 is 11.9 Å². The summed E-state index contributed by atoms with van der Waals surface area (Å²) >= 11 is 0.